The quantitative estimate of drug-likeness (QED) is 0.281. The highest BCUT2D eigenvalue weighted by Gasteiger charge is 2.16. The SMILES string of the molecule is Oc1cc2cc(c1O)Oc1ccc(cc1)CCc1cccc(O)c1Oc1ccccc1CC2. The van der Waals surface area contributed by atoms with E-state index >= 15 is 0 Å². The van der Waals surface area contributed by atoms with Gasteiger partial charge in [-0.2, -0.15) is 0 Å². The van der Waals surface area contributed by atoms with E-state index in [9.17, 15) is 15.3 Å². The van der Waals surface area contributed by atoms with Gasteiger partial charge in [0.2, 0.25) is 5.75 Å². The fourth-order valence-electron chi connectivity index (χ4n) is 4.09. The van der Waals surface area contributed by atoms with Crippen LogP contribution in [0.1, 0.15) is 22.3 Å². The molecule has 0 radical (unpaired) electrons. The normalized spacial score (nSPS) is 13.2. The molecule has 0 amide bonds. The summed E-state index contributed by atoms with van der Waals surface area (Å²) in [4.78, 5) is 0. The van der Waals surface area contributed by atoms with Crippen LogP contribution in [0.3, 0.4) is 0 Å². The van der Waals surface area contributed by atoms with E-state index < -0.39 is 0 Å². The smallest absolute Gasteiger partial charge is 0.201 e. The van der Waals surface area contributed by atoms with Gasteiger partial charge in [-0.1, -0.05) is 42.5 Å². The molecule has 3 N–H and O–H groups in total. The third-order valence-electron chi connectivity index (χ3n) is 5.89. The molecule has 5 heteroatoms. The van der Waals surface area contributed by atoms with Crippen LogP contribution in [0, 0.1) is 0 Å². The average molecular weight is 440 g/mol. The lowest BCUT2D eigenvalue weighted by molar-refractivity contribution is 0.372. The maximum atomic E-state index is 10.6. The lowest BCUT2D eigenvalue weighted by Crippen LogP contribution is -1.99. The lowest BCUT2D eigenvalue weighted by Gasteiger charge is -2.16. The minimum atomic E-state index is -0.282. The van der Waals surface area contributed by atoms with E-state index in [4.69, 9.17) is 9.47 Å². The predicted molar refractivity (Wildman–Crippen MR) is 126 cm³/mol. The zero-order valence-electron chi connectivity index (χ0n) is 18.0. The first-order valence-corrected chi connectivity index (χ1v) is 10.9. The average Bonchev–Trinajstić information content (AvgIpc) is 2.82. The van der Waals surface area contributed by atoms with Crippen LogP contribution in [0.5, 0.6) is 40.2 Å². The van der Waals surface area contributed by atoms with Gasteiger partial charge in [-0.3, -0.25) is 0 Å². The first kappa shape index (κ1) is 20.8. The fraction of sp³-hybridized carbons (Fsp3) is 0.143. The van der Waals surface area contributed by atoms with Gasteiger partial charge in [-0.15, -0.1) is 0 Å². The van der Waals surface area contributed by atoms with Crippen molar-refractivity contribution in [2.45, 2.75) is 25.7 Å². The molecule has 5 nitrogen and oxygen atoms in total. The van der Waals surface area contributed by atoms with Crippen molar-refractivity contribution >= 4 is 0 Å². The van der Waals surface area contributed by atoms with Crippen molar-refractivity contribution in [2.75, 3.05) is 0 Å². The van der Waals surface area contributed by atoms with Gasteiger partial charge in [0.1, 0.15) is 11.5 Å². The van der Waals surface area contributed by atoms with Crippen molar-refractivity contribution in [3.63, 3.8) is 0 Å². The summed E-state index contributed by atoms with van der Waals surface area (Å²) in [6.45, 7) is 0. The fourth-order valence-corrected chi connectivity index (χ4v) is 4.09. The zero-order chi connectivity index (χ0) is 22.8. The third-order valence-corrected chi connectivity index (χ3v) is 5.89. The molecule has 0 unspecified atom stereocenters. The molecule has 2 heterocycles. The first-order valence-electron chi connectivity index (χ1n) is 10.9. The Morgan fingerprint density at radius 3 is 2.12 bits per heavy atom. The first-order chi connectivity index (χ1) is 16.1. The van der Waals surface area contributed by atoms with E-state index in [2.05, 4.69) is 0 Å². The summed E-state index contributed by atoms with van der Waals surface area (Å²) < 4.78 is 12.1. The summed E-state index contributed by atoms with van der Waals surface area (Å²) in [5.74, 6) is 1.53. The van der Waals surface area contributed by atoms with E-state index in [0.717, 1.165) is 28.7 Å². The summed E-state index contributed by atoms with van der Waals surface area (Å²) >= 11 is 0. The maximum absolute atomic E-state index is 10.6. The molecule has 4 bridgehead atoms. The summed E-state index contributed by atoms with van der Waals surface area (Å²) in [6.07, 6.45) is 2.68. The van der Waals surface area contributed by atoms with Crippen LogP contribution in [-0.2, 0) is 25.7 Å². The highest BCUT2D eigenvalue weighted by Crippen LogP contribution is 2.40. The van der Waals surface area contributed by atoms with Crippen molar-refractivity contribution in [1.29, 1.82) is 0 Å². The number of para-hydroxylation sites is 2. The second kappa shape index (κ2) is 8.79. The Morgan fingerprint density at radius 2 is 1.27 bits per heavy atom. The third kappa shape index (κ3) is 4.44. The molecule has 0 fully saturated rings. The second-order valence-electron chi connectivity index (χ2n) is 8.18. The maximum Gasteiger partial charge on any atom is 0.201 e. The molecule has 0 atom stereocenters. The van der Waals surface area contributed by atoms with Crippen LogP contribution in [0.25, 0.3) is 0 Å². The van der Waals surface area contributed by atoms with Crippen molar-refractivity contribution < 1.29 is 24.8 Å². The zero-order valence-corrected chi connectivity index (χ0v) is 18.0. The van der Waals surface area contributed by atoms with Crippen LogP contribution in [0.15, 0.2) is 78.9 Å². The molecule has 2 aliphatic heterocycles. The van der Waals surface area contributed by atoms with Gasteiger partial charge in [0.05, 0.1) is 0 Å². The molecule has 33 heavy (non-hydrogen) atoms. The number of phenolic OH excluding ortho intramolecular Hbond substituents is 3. The molecule has 6 rings (SSSR count). The number of fused-ring (bicyclic) bond motifs is 4. The highest BCUT2D eigenvalue weighted by molar-refractivity contribution is 5.54. The molecular formula is C28H24O5. The van der Waals surface area contributed by atoms with Gasteiger partial charge in [-0.25, -0.2) is 0 Å². The monoisotopic (exact) mass is 440 g/mol. The number of benzene rings is 4. The Morgan fingerprint density at radius 1 is 0.545 bits per heavy atom. The number of hydrogen-bond donors (Lipinski definition) is 3. The van der Waals surface area contributed by atoms with Gasteiger partial charge in [0.25, 0.3) is 0 Å². The molecule has 0 saturated heterocycles. The van der Waals surface area contributed by atoms with E-state index in [1.807, 2.05) is 60.7 Å². The van der Waals surface area contributed by atoms with Gasteiger partial charge in [0, 0.05) is 0 Å². The Labute approximate surface area is 192 Å². The Hall–Kier alpha value is -4.12. The molecule has 0 aliphatic carbocycles. The summed E-state index contributed by atoms with van der Waals surface area (Å²) in [5, 5.41) is 31.1. The van der Waals surface area contributed by atoms with Crippen LogP contribution < -0.4 is 9.47 Å². The standard InChI is InChI=1S/C28H24O5/c29-23-6-3-5-21-13-8-18-10-14-22(15-11-18)32-26-17-19(16-24(30)27(26)31)9-12-20-4-1-2-7-25(20)33-28(21)23/h1-7,10-11,14-17,29-31H,8-9,12-13H2. The molecule has 4 aromatic rings. The Balaban J connectivity index is 1.59. The highest BCUT2D eigenvalue weighted by atomic mass is 16.5. The minimum absolute atomic E-state index is 0.108. The largest absolute Gasteiger partial charge is 0.504 e. The van der Waals surface area contributed by atoms with E-state index in [0.29, 0.717) is 36.5 Å². The summed E-state index contributed by atoms with van der Waals surface area (Å²) in [6, 6.07) is 24.1. The van der Waals surface area contributed by atoms with E-state index in [1.165, 1.54) is 0 Å². The van der Waals surface area contributed by atoms with Gasteiger partial charge in [-0.05, 0) is 84.3 Å². The van der Waals surface area contributed by atoms with Gasteiger partial charge in [0.15, 0.2) is 23.0 Å². The molecule has 0 aromatic heterocycles. The number of phenols is 3. The van der Waals surface area contributed by atoms with Crippen molar-refractivity contribution in [3.8, 4) is 40.2 Å². The van der Waals surface area contributed by atoms with Crippen LogP contribution in [0.4, 0.5) is 0 Å². The van der Waals surface area contributed by atoms with Crippen molar-refractivity contribution in [3.05, 3.63) is 101 Å². The lowest BCUT2D eigenvalue weighted by atomic mass is 10.0. The van der Waals surface area contributed by atoms with Crippen LogP contribution >= 0.6 is 0 Å². The van der Waals surface area contributed by atoms with Crippen molar-refractivity contribution in [2.24, 2.45) is 0 Å². The topological polar surface area (TPSA) is 79.2 Å². The minimum Gasteiger partial charge on any atom is -0.504 e. The summed E-state index contributed by atoms with van der Waals surface area (Å²) in [7, 11) is 0. The molecule has 4 aromatic carbocycles. The predicted octanol–water partition coefficient (Wildman–Crippen LogP) is 6.27. The molecule has 0 saturated carbocycles. The molecular weight excluding hydrogens is 416 g/mol. The Bertz CT molecular complexity index is 1290. The molecule has 2 aliphatic rings. The number of hydrogen-bond acceptors (Lipinski definition) is 5. The van der Waals surface area contributed by atoms with E-state index in [1.54, 1.807) is 18.2 Å². The number of ether oxygens (including phenoxy) is 2. The molecule has 0 spiro atoms. The number of aromatic hydroxyl groups is 3. The van der Waals surface area contributed by atoms with Crippen molar-refractivity contribution in [1.82, 2.24) is 0 Å². The summed E-state index contributed by atoms with van der Waals surface area (Å²) in [5.41, 5.74) is 3.82. The number of aryl methyl sites for hydroxylation is 4. The van der Waals surface area contributed by atoms with Crippen LogP contribution in [0.2, 0.25) is 0 Å². The second-order valence-corrected chi connectivity index (χ2v) is 8.18. The van der Waals surface area contributed by atoms with E-state index in [-0.39, 0.29) is 23.0 Å². The molecule has 166 valence electrons. The van der Waals surface area contributed by atoms with Gasteiger partial charge >= 0.3 is 0 Å². The number of rotatable bonds is 0. The Kier molecular flexibility index (Phi) is 5.53. The van der Waals surface area contributed by atoms with Gasteiger partial charge < -0.3 is 24.8 Å². The van der Waals surface area contributed by atoms with Crippen LogP contribution in [-0.4, -0.2) is 15.3 Å².